The van der Waals surface area contributed by atoms with E-state index in [1.807, 2.05) is 23.0 Å². The van der Waals surface area contributed by atoms with E-state index in [0.717, 1.165) is 42.7 Å². The Morgan fingerprint density at radius 2 is 2.40 bits per heavy atom. The van der Waals surface area contributed by atoms with Crippen molar-refractivity contribution >= 4 is 15.9 Å². The molecule has 1 atom stereocenters. The van der Waals surface area contributed by atoms with Crippen LogP contribution in [0.4, 0.5) is 0 Å². The average molecular weight is 337 g/mol. The third-order valence-corrected chi connectivity index (χ3v) is 3.84. The lowest BCUT2D eigenvalue weighted by atomic mass is 10.1. The van der Waals surface area contributed by atoms with Crippen LogP contribution in [0, 0.1) is 0 Å². The maximum atomic E-state index is 5.90. The first-order chi connectivity index (χ1) is 9.81. The van der Waals surface area contributed by atoms with Crippen molar-refractivity contribution < 1.29 is 4.74 Å². The molecule has 5 nitrogen and oxygen atoms in total. The molecular weight excluding hydrogens is 320 g/mol. The second-order valence-corrected chi connectivity index (χ2v) is 5.84. The maximum absolute atomic E-state index is 5.90. The average Bonchev–Trinajstić information content (AvgIpc) is 3.06. The molecule has 0 bridgehead atoms. The lowest BCUT2D eigenvalue weighted by Gasteiger charge is -2.11. The molecule has 0 saturated heterocycles. The summed E-state index contributed by atoms with van der Waals surface area (Å²) in [7, 11) is 0. The quantitative estimate of drug-likeness (QED) is 0.820. The molecule has 1 aromatic carbocycles. The summed E-state index contributed by atoms with van der Waals surface area (Å²) in [4.78, 5) is 0. The molecule has 1 N–H and O–H groups in total. The zero-order chi connectivity index (χ0) is 13.8. The van der Waals surface area contributed by atoms with E-state index in [1.165, 1.54) is 5.56 Å². The molecule has 0 saturated carbocycles. The molecule has 1 unspecified atom stereocenters. The molecule has 1 aliphatic heterocycles. The van der Waals surface area contributed by atoms with Crippen LogP contribution < -0.4 is 10.1 Å². The summed E-state index contributed by atoms with van der Waals surface area (Å²) in [6, 6.07) is 6.19. The van der Waals surface area contributed by atoms with Crippen LogP contribution in [0.15, 0.2) is 35.1 Å². The van der Waals surface area contributed by atoms with Crippen molar-refractivity contribution in [2.75, 3.05) is 13.1 Å². The molecule has 0 fully saturated rings. The maximum Gasteiger partial charge on any atom is 0.123 e. The number of aromatic nitrogens is 3. The number of nitrogens with zero attached hydrogens (tertiary/aromatic N) is 3. The Morgan fingerprint density at radius 1 is 1.45 bits per heavy atom. The molecular formula is C14H17BrN4O. The van der Waals surface area contributed by atoms with Crippen LogP contribution in [-0.2, 0) is 13.0 Å². The Bertz CT molecular complexity index is 558. The van der Waals surface area contributed by atoms with Gasteiger partial charge in [0.05, 0.1) is 6.20 Å². The van der Waals surface area contributed by atoms with Gasteiger partial charge in [-0.3, -0.25) is 4.68 Å². The topological polar surface area (TPSA) is 52.0 Å². The van der Waals surface area contributed by atoms with Gasteiger partial charge in [-0.15, -0.1) is 5.10 Å². The lowest BCUT2D eigenvalue weighted by molar-refractivity contribution is 0.227. The van der Waals surface area contributed by atoms with E-state index < -0.39 is 0 Å². The van der Waals surface area contributed by atoms with Crippen LogP contribution in [0.25, 0.3) is 0 Å². The molecule has 0 radical (unpaired) electrons. The highest BCUT2D eigenvalue weighted by Gasteiger charge is 2.22. The highest BCUT2D eigenvalue weighted by molar-refractivity contribution is 9.10. The van der Waals surface area contributed by atoms with Crippen molar-refractivity contribution in [1.29, 1.82) is 0 Å². The van der Waals surface area contributed by atoms with Gasteiger partial charge in [-0.05, 0) is 36.7 Å². The number of nitrogens with one attached hydrogen (secondary N) is 1. The number of fused-ring (bicyclic) bond motifs is 1. The Morgan fingerprint density at radius 3 is 3.25 bits per heavy atom. The van der Waals surface area contributed by atoms with Crippen LogP contribution in [-0.4, -0.2) is 34.2 Å². The van der Waals surface area contributed by atoms with Crippen molar-refractivity contribution in [1.82, 2.24) is 20.3 Å². The number of hydrogen-bond donors (Lipinski definition) is 1. The fourth-order valence-electron chi connectivity index (χ4n) is 2.38. The summed E-state index contributed by atoms with van der Waals surface area (Å²) in [5.41, 5.74) is 1.29. The van der Waals surface area contributed by atoms with E-state index in [1.54, 1.807) is 6.20 Å². The monoisotopic (exact) mass is 336 g/mol. The van der Waals surface area contributed by atoms with Gasteiger partial charge in [0.25, 0.3) is 0 Å². The van der Waals surface area contributed by atoms with E-state index in [2.05, 4.69) is 37.6 Å². The number of ether oxygens (including phenoxy) is 1. The molecule has 2 aromatic rings. The van der Waals surface area contributed by atoms with E-state index in [0.29, 0.717) is 0 Å². The second-order valence-electron chi connectivity index (χ2n) is 4.92. The molecule has 1 aromatic heterocycles. The van der Waals surface area contributed by atoms with Crippen molar-refractivity contribution in [3.63, 3.8) is 0 Å². The summed E-state index contributed by atoms with van der Waals surface area (Å²) in [6.45, 7) is 2.73. The highest BCUT2D eigenvalue weighted by Crippen LogP contribution is 2.30. The van der Waals surface area contributed by atoms with Crippen molar-refractivity contribution in [2.45, 2.75) is 25.5 Å². The number of hydrogen-bond acceptors (Lipinski definition) is 4. The fraction of sp³-hybridized carbons (Fsp3) is 0.429. The Balaban J connectivity index is 1.36. The predicted molar refractivity (Wildman–Crippen MR) is 79.8 cm³/mol. The first kappa shape index (κ1) is 13.6. The van der Waals surface area contributed by atoms with Gasteiger partial charge in [-0.25, -0.2) is 0 Å². The lowest BCUT2D eigenvalue weighted by Crippen LogP contribution is -2.31. The van der Waals surface area contributed by atoms with Crippen LogP contribution in [0.3, 0.4) is 0 Å². The van der Waals surface area contributed by atoms with Gasteiger partial charge in [0.2, 0.25) is 0 Å². The van der Waals surface area contributed by atoms with Gasteiger partial charge in [-0.1, -0.05) is 21.1 Å². The molecule has 1 aliphatic rings. The van der Waals surface area contributed by atoms with E-state index >= 15 is 0 Å². The van der Waals surface area contributed by atoms with E-state index in [-0.39, 0.29) is 6.10 Å². The summed E-state index contributed by atoms with van der Waals surface area (Å²) < 4.78 is 8.86. The molecule has 106 valence electrons. The van der Waals surface area contributed by atoms with Gasteiger partial charge < -0.3 is 10.1 Å². The second kappa shape index (κ2) is 6.37. The summed E-state index contributed by atoms with van der Waals surface area (Å²) in [5, 5.41) is 11.2. The molecule has 3 rings (SSSR count). The van der Waals surface area contributed by atoms with Crippen molar-refractivity contribution in [3.05, 3.63) is 40.6 Å². The zero-order valence-corrected chi connectivity index (χ0v) is 12.7. The zero-order valence-electron chi connectivity index (χ0n) is 11.1. The van der Waals surface area contributed by atoms with Gasteiger partial charge in [0.15, 0.2) is 0 Å². The summed E-state index contributed by atoms with van der Waals surface area (Å²) >= 11 is 3.49. The van der Waals surface area contributed by atoms with E-state index in [9.17, 15) is 0 Å². The minimum Gasteiger partial charge on any atom is -0.488 e. The Labute approximate surface area is 126 Å². The molecule has 2 heterocycles. The predicted octanol–water partition coefficient (Wildman–Crippen LogP) is 2.02. The largest absolute Gasteiger partial charge is 0.488 e. The highest BCUT2D eigenvalue weighted by atomic mass is 79.9. The van der Waals surface area contributed by atoms with Gasteiger partial charge in [0, 0.05) is 30.2 Å². The summed E-state index contributed by atoms with van der Waals surface area (Å²) in [5.74, 6) is 1.02. The molecule has 6 heteroatoms. The Kier molecular flexibility index (Phi) is 4.32. The minimum atomic E-state index is 0.241. The van der Waals surface area contributed by atoms with Gasteiger partial charge in [0.1, 0.15) is 11.9 Å². The normalized spacial score (nSPS) is 16.9. The van der Waals surface area contributed by atoms with E-state index in [4.69, 9.17) is 4.74 Å². The molecule has 0 spiro atoms. The number of benzene rings is 1. The third-order valence-electron chi connectivity index (χ3n) is 3.35. The van der Waals surface area contributed by atoms with Crippen LogP contribution >= 0.6 is 15.9 Å². The minimum absolute atomic E-state index is 0.241. The van der Waals surface area contributed by atoms with Crippen molar-refractivity contribution in [3.8, 4) is 5.75 Å². The standard InChI is InChI=1S/C14H17BrN4O/c15-12-2-3-14-11(8-12)9-13(20-14)10-16-4-1-6-19-7-5-17-18-19/h2-3,5,7-8,13,16H,1,4,6,9-10H2. The Hall–Kier alpha value is -1.40. The number of rotatable bonds is 6. The molecule has 20 heavy (non-hydrogen) atoms. The smallest absolute Gasteiger partial charge is 0.123 e. The van der Waals surface area contributed by atoms with Gasteiger partial charge >= 0.3 is 0 Å². The van der Waals surface area contributed by atoms with Crippen LogP contribution in [0.5, 0.6) is 5.75 Å². The molecule has 0 aliphatic carbocycles. The van der Waals surface area contributed by atoms with Gasteiger partial charge in [-0.2, -0.15) is 0 Å². The number of aryl methyl sites for hydroxylation is 1. The van der Waals surface area contributed by atoms with Crippen LogP contribution in [0.1, 0.15) is 12.0 Å². The van der Waals surface area contributed by atoms with Crippen molar-refractivity contribution in [2.24, 2.45) is 0 Å². The van der Waals surface area contributed by atoms with Crippen LogP contribution in [0.2, 0.25) is 0 Å². The first-order valence-corrected chi connectivity index (χ1v) is 7.60. The fourth-order valence-corrected chi connectivity index (χ4v) is 2.79. The third kappa shape index (κ3) is 3.37. The number of halogens is 1. The first-order valence-electron chi connectivity index (χ1n) is 6.81. The SMILES string of the molecule is Brc1ccc2c(c1)CC(CNCCCn1ccnn1)O2. The molecule has 0 amide bonds. The summed E-state index contributed by atoms with van der Waals surface area (Å²) in [6.07, 6.45) is 5.84.